The van der Waals surface area contributed by atoms with Crippen LogP contribution >= 0.6 is 11.3 Å². The first-order chi connectivity index (χ1) is 9.43. The summed E-state index contributed by atoms with van der Waals surface area (Å²) in [5.41, 5.74) is 2.52. The lowest BCUT2D eigenvalue weighted by molar-refractivity contribution is 1.33. The third-order valence-electron chi connectivity index (χ3n) is 3.39. The van der Waals surface area contributed by atoms with Crippen LogP contribution in [0, 0.1) is 0 Å². The molecule has 0 saturated carbocycles. The molecule has 2 aromatic carbocycles. The van der Waals surface area contributed by atoms with Gasteiger partial charge in [-0.1, -0.05) is 30.3 Å². The third kappa shape index (κ3) is 1.65. The summed E-state index contributed by atoms with van der Waals surface area (Å²) in [6.45, 7) is 0. The first-order valence-electron chi connectivity index (χ1n) is 6.24. The summed E-state index contributed by atoms with van der Waals surface area (Å²) < 4.78 is 2.69. The van der Waals surface area contributed by atoms with Crippen LogP contribution < -0.4 is 0 Å². The Balaban J connectivity index is 2.17. The van der Waals surface area contributed by atoms with E-state index in [1.54, 1.807) is 0 Å². The molecule has 0 fully saturated rings. The van der Waals surface area contributed by atoms with E-state index in [-0.39, 0.29) is 0 Å². The topological polar surface area (TPSA) is 12.9 Å². The smallest absolute Gasteiger partial charge is 0.0361 e. The van der Waals surface area contributed by atoms with Crippen molar-refractivity contribution in [3.8, 4) is 11.1 Å². The van der Waals surface area contributed by atoms with Gasteiger partial charge in [-0.3, -0.25) is 4.98 Å². The maximum Gasteiger partial charge on any atom is 0.0361 e. The molecular weight excluding hydrogens is 250 g/mol. The van der Waals surface area contributed by atoms with Gasteiger partial charge < -0.3 is 0 Å². The molecule has 0 radical (unpaired) electrons. The number of benzene rings is 2. The Hall–Kier alpha value is -2.19. The van der Waals surface area contributed by atoms with Crippen molar-refractivity contribution in [2.45, 2.75) is 0 Å². The van der Waals surface area contributed by atoms with Gasteiger partial charge in [-0.2, -0.15) is 0 Å². The Morgan fingerprint density at radius 2 is 1.53 bits per heavy atom. The lowest BCUT2D eigenvalue weighted by atomic mass is 10.0. The number of thiophene rings is 1. The Bertz CT molecular complexity index is 862. The summed E-state index contributed by atoms with van der Waals surface area (Å²) in [7, 11) is 0. The molecule has 2 heteroatoms. The molecule has 0 amide bonds. The molecule has 0 N–H and O–H groups in total. The van der Waals surface area contributed by atoms with Gasteiger partial charge in [-0.05, 0) is 35.4 Å². The normalized spacial score (nSPS) is 11.2. The van der Waals surface area contributed by atoms with Crippen LogP contribution in [0.5, 0.6) is 0 Å². The largest absolute Gasteiger partial charge is 0.265 e. The third-order valence-corrected chi connectivity index (χ3v) is 4.53. The monoisotopic (exact) mass is 261 g/mol. The van der Waals surface area contributed by atoms with Crippen molar-refractivity contribution >= 4 is 31.5 Å². The number of aromatic nitrogens is 1. The Kier molecular flexibility index (Phi) is 2.35. The zero-order valence-corrected chi connectivity index (χ0v) is 11.0. The second kappa shape index (κ2) is 4.18. The molecule has 0 unspecified atom stereocenters. The van der Waals surface area contributed by atoms with Crippen LogP contribution in [-0.2, 0) is 0 Å². The van der Waals surface area contributed by atoms with E-state index in [2.05, 4.69) is 59.6 Å². The van der Waals surface area contributed by atoms with Gasteiger partial charge in [0.2, 0.25) is 0 Å². The number of fused-ring (bicyclic) bond motifs is 3. The van der Waals surface area contributed by atoms with Crippen molar-refractivity contribution in [1.82, 2.24) is 4.98 Å². The fourth-order valence-electron chi connectivity index (χ4n) is 2.55. The molecule has 0 aliphatic heterocycles. The number of nitrogens with zero attached hydrogens (tertiary/aromatic N) is 1. The highest BCUT2D eigenvalue weighted by Crippen LogP contribution is 2.39. The zero-order chi connectivity index (χ0) is 12.7. The molecule has 2 heterocycles. The molecule has 1 nitrogen and oxygen atoms in total. The summed E-state index contributed by atoms with van der Waals surface area (Å²) in [4.78, 5) is 4.10. The van der Waals surface area contributed by atoms with Crippen molar-refractivity contribution in [2.75, 3.05) is 0 Å². The van der Waals surface area contributed by atoms with E-state index in [0.29, 0.717) is 0 Å². The van der Waals surface area contributed by atoms with Gasteiger partial charge in [0.05, 0.1) is 0 Å². The summed E-state index contributed by atoms with van der Waals surface area (Å²) in [6, 6.07) is 19.3. The van der Waals surface area contributed by atoms with Crippen LogP contribution in [0.3, 0.4) is 0 Å². The van der Waals surface area contributed by atoms with Crippen LogP contribution in [0.1, 0.15) is 0 Å². The van der Waals surface area contributed by atoms with E-state index >= 15 is 0 Å². The molecule has 0 aliphatic carbocycles. The maximum atomic E-state index is 4.10. The number of pyridine rings is 1. The molecule has 0 bridgehead atoms. The molecule has 90 valence electrons. The average molecular weight is 261 g/mol. The van der Waals surface area contributed by atoms with E-state index in [1.807, 2.05) is 23.7 Å². The standard InChI is InChI=1S/C17H11NS/c1-2-6-15-14(4-1)17-13(5-3-7-16(17)19-15)12-8-10-18-11-9-12/h1-11H. The molecule has 4 aromatic rings. The predicted molar refractivity (Wildman–Crippen MR) is 82.6 cm³/mol. The van der Waals surface area contributed by atoms with E-state index in [4.69, 9.17) is 0 Å². The Morgan fingerprint density at radius 3 is 2.42 bits per heavy atom. The minimum Gasteiger partial charge on any atom is -0.265 e. The van der Waals surface area contributed by atoms with Crippen molar-refractivity contribution in [1.29, 1.82) is 0 Å². The average Bonchev–Trinajstić information content (AvgIpc) is 2.86. The highest BCUT2D eigenvalue weighted by atomic mass is 32.1. The number of hydrogen-bond donors (Lipinski definition) is 0. The highest BCUT2D eigenvalue weighted by molar-refractivity contribution is 7.25. The Morgan fingerprint density at radius 1 is 0.737 bits per heavy atom. The fourth-order valence-corrected chi connectivity index (χ4v) is 3.68. The minimum atomic E-state index is 1.23. The van der Waals surface area contributed by atoms with Crippen molar-refractivity contribution < 1.29 is 0 Å². The summed E-state index contributed by atoms with van der Waals surface area (Å²) >= 11 is 1.85. The van der Waals surface area contributed by atoms with Gasteiger partial charge in [0.15, 0.2) is 0 Å². The summed E-state index contributed by atoms with van der Waals surface area (Å²) in [5, 5.41) is 2.70. The quantitative estimate of drug-likeness (QED) is 0.463. The van der Waals surface area contributed by atoms with Crippen LogP contribution in [-0.4, -0.2) is 4.98 Å². The number of rotatable bonds is 1. The van der Waals surface area contributed by atoms with Gasteiger partial charge in [0, 0.05) is 32.6 Å². The summed E-state index contributed by atoms with van der Waals surface area (Å²) in [6.07, 6.45) is 3.70. The number of hydrogen-bond acceptors (Lipinski definition) is 2. The molecule has 0 atom stereocenters. The van der Waals surface area contributed by atoms with Crippen LogP contribution in [0.2, 0.25) is 0 Å². The highest BCUT2D eigenvalue weighted by Gasteiger charge is 2.09. The van der Waals surface area contributed by atoms with E-state index in [1.165, 1.54) is 31.3 Å². The maximum absolute atomic E-state index is 4.10. The molecular formula is C17H11NS. The molecule has 19 heavy (non-hydrogen) atoms. The van der Waals surface area contributed by atoms with E-state index < -0.39 is 0 Å². The van der Waals surface area contributed by atoms with Gasteiger partial charge in [0.1, 0.15) is 0 Å². The second-order valence-electron chi connectivity index (χ2n) is 4.51. The first-order valence-corrected chi connectivity index (χ1v) is 7.06. The van der Waals surface area contributed by atoms with Crippen molar-refractivity contribution in [2.24, 2.45) is 0 Å². The Labute approximate surface area is 115 Å². The van der Waals surface area contributed by atoms with Crippen LogP contribution in [0.15, 0.2) is 67.0 Å². The fraction of sp³-hybridized carbons (Fsp3) is 0. The van der Waals surface area contributed by atoms with E-state index in [0.717, 1.165) is 0 Å². The zero-order valence-electron chi connectivity index (χ0n) is 10.2. The molecule has 0 spiro atoms. The summed E-state index contributed by atoms with van der Waals surface area (Å²) in [5.74, 6) is 0. The minimum absolute atomic E-state index is 1.23. The lowest BCUT2D eigenvalue weighted by Crippen LogP contribution is -1.79. The van der Waals surface area contributed by atoms with Gasteiger partial charge >= 0.3 is 0 Å². The van der Waals surface area contributed by atoms with Crippen LogP contribution in [0.4, 0.5) is 0 Å². The SMILES string of the molecule is c1ccc2c(c1)sc1cccc(-c3ccncc3)c12. The predicted octanol–water partition coefficient (Wildman–Crippen LogP) is 5.12. The van der Waals surface area contributed by atoms with Gasteiger partial charge in [-0.25, -0.2) is 0 Å². The van der Waals surface area contributed by atoms with Gasteiger partial charge in [0.25, 0.3) is 0 Å². The lowest BCUT2D eigenvalue weighted by Gasteiger charge is -2.03. The second-order valence-corrected chi connectivity index (χ2v) is 5.60. The van der Waals surface area contributed by atoms with Crippen molar-refractivity contribution in [3.63, 3.8) is 0 Å². The van der Waals surface area contributed by atoms with Crippen LogP contribution in [0.25, 0.3) is 31.3 Å². The van der Waals surface area contributed by atoms with Gasteiger partial charge in [-0.15, -0.1) is 11.3 Å². The molecule has 2 aromatic heterocycles. The molecule has 0 aliphatic rings. The van der Waals surface area contributed by atoms with Crippen molar-refractivity contribution in [3.05, 3.63) is 67.0 Å². The molecule has 0 saturated heterocycles. The molecule has 4 rings (SSSR count). The van der Waals surface area contributed by atoms with E-state index in [9.17, 15) is 0 Å². The first kappa shape index (κ1) is 10.7.